The lowest BCUT2D eigenvalue weighted by molar-refractivity contribution is 0.00336. The predicted octanol–water partition coefficient (Wildman–Crippen LogP) is 0.600. The summed E-state index contributed by atoms with van der Waals surface area (Å²) in [6.07, 6.45) is -3.26. The van der Waals surface area contributed by atoms with E-state index in [9.17, 15) is 4.89 Å². The average Bonchev–Trinajstić information content (AvgIpc) is 2.58. The molecule has 5 nitrogen and oxygen atoms in total. The van der Waals surface area contributed by atoms with E-state index in [2.05, 4.69) is 5.09 Å². The van der Waals surface area contributed by atoms with Crippen LogP contribution >= 0.6 is 6.42 Å². The molecule has 19 heavy (non-hydrogen) atoms. The number of ether oxygens (including phenoxy) is 3. The van der Waals surface area contributed by atoms with Crippen LogP contribution in [-0.4, -0.2) is 63.0 Å². The zero-order chi connectivity index (χ0) is 14.6. The fourth-order valence-electron chi connectivity index (χ4n) is 2.00. The first-order chi connectivity index (χ1) is 8.83. The van der Waals surface area contributed by atoms with Crippen molar-refractivity contribution >= 4 is 26.1 Å². The fraction of sp³-hybridized carbons (Fsp3) is 1.00. The van der Waals surface area contributed by atoms with Crippen molar-refractivity contribution in [3.63, 3.8) is 0 Å². The van der Waals surface area contributed by atoms with Gasteiger partial charge in [0.15, 0.2) is 0 Å². The zero-order valence-corrected chi connectivity index (χ0v) is 13.6. The third-order valence-electron chi connectivity index (χ3n) is 3.13. The molecule has 2 radical (unpaired) electrons. The molecule has 1 fully saturated rings. The van der Waals surface area contributed by atoms with E-state index in [0.717, 1.165) is 0 Å². The number of nitrogens with one attached hydrogen (secondary N) is 1. The molecular formula is C11H23BNO4PS. The van der Waals surface area contributed by atoms with Crippen molar-refractivity contribution in [1.82, 2.24) is 5.09 Å². The quantitative estimate of drug-likeness (QED) is 0.531. The molecule has 0 amide bonds. The molecule has 1 aliphatic rings. The van der Waals surface area contributed by atoms with Gasteiger partial charge in [0.05, 0.1) is 24.9 Å². The summed E-state index contributed by atoms with van der Waals surface area (Å²) < 4.78 is 16.4. The van der Waals surface area contributed by atoms with Crippen LogP contribution in [0.4, 0.5) is 0 Å². The number of hydrogen-bond donors (Lipinski definition) is 2. The van der Waals surface area contributed by atoms with Crippen LogP contribution in [0.2, 0.25) is 0 Å². The lowest BCUT2D eigenvalue weighted by Crippen LogP contribution is -2.46. The monoisotopic (exact) mass is 307 g/mol. The Balaban J connectivity index is 2.85. The second-order valence-corrected chi connectivity index (χ2v) is 9.09. The SMILES string of the molecule is [B][C@@H]1O[C@H](COC)C(NP(O)(=S)C(C)C)C1OCC. The van der Waals surface area contributed by atoms with Crippen molar-refractivity contribution in [3.8, 4) is 0 Å². The highest BCUT2D eigenvalue weighted by atomic mass is 32.4. The van der Waals surface area contributed by atoms with Crippen LogP contribution in [0.1, 0.15) is 20.8 Å². The van der Waals surface area contributed by atoms with Gasteiger partial charge in [0, 0.05) is 25.4 Å². The Morgan fingerprint density at radius 2 is 2.16 bits per heavy atom. The minimum atomic E-state index is -2.65. The number of rotatable bonds is 7. The number of methoxy groups -OCH3 is 1. The van der Waals surface area contributed by atoms with Gasteiger partial charge in [0.25, 0.3) is 0 Å². The summed E-state index contributed by atoms with van der Waals surface area (Å²) in [4.78, 5) is 10.3. The molecule has 5 atom stereocenters. The van der Waals surface area contributed by atoms with Crippen molar-refractivity contribution in [2.45, 2.75) is 50.7 Å². The van der Waals surface area contributed by atoms with Crippen LogP contribution in [-0.2, 0) is 26.0 Å². The highest BCUT2D eigenvalue weighted by Crippen LogP contribution is 2.44. The summed E-state index contributed by atoms with van der Waals surface area (Å²) in [5.74, 6) is 0. The summed E-state index contributed by atoms with van der Waals surface area (Å²) in [7, 11) is 7.52. The van der Waals surface area contributed by atoms with Crippen molar-refractivity contribution in [2.75, 3.05) is 20.3 Å². The molecule has 0 aromatic rings. The Hall–Kier alpha value is 0.515. The molecule has 3 unspecified atom stereocenters. The summed E-state index contributed by atoms with van der Waals surface area (Å²) in [5, 5.41) is 3.13. The van der Waals surface area contributed by atoms with Gasteiger partial charge in [0.1, 0.15) is 14.3 Å². The van der Waals surface area contributed by atoms with Gasteiger partial charge in [-0.15, -0.1) is 0 Å². The van der Waals surface area contributed by atoms with E-state index in [4.69, 9.17) is 33.9 Å². The van der Waals surface area contributed by atoms with Crippen LogP contribution in [0.5, 0.6) is 0 Å². The molecule has 1 heterocycles. The summed E-state index contributed by atoms with van der Waals surface area (Å²) in [5.41, 5.74) is -0.0233. The lowest BCUT2D eigenvalue weighted by atomic mass is 9.92. The molecule has 110 valence electrons. The second-order valence-electron chi connectivity index (χ2n) is 4.89. The first-order valence-corrected chi connectivity index (χ1v) is 9.27. The van der Waals surface area contributed by atoms with Gasteiger partial charge in [-0.3, -0.25) is 5.09 Å². The smallest absolute Gasteiger partial charge is 0.129 e. The average molecular weight is 307 g/mol. The molecule has 8 heteroatoms. The van der Waals surface area contributed by atoms with E-state index in [0.29, 0.717) is 13.2 Å². The summed E-state index contributed by atoms with van der Waals surface area (Å²) in [6.45, 7) is 6.58. The van der Waals surface area contributed by atoms with E-state index in [1.54, 1.807) is 7.11 Å². The highest BCUT2D eigenvalue weighted by Gasteiger charge is 2.44. The normalized spacial score (nSPS) is 34.6. The molecule has 0 aromatic heterocycles. The van der Waals surface area contributed by atoms with Crippen molar-refractivity contribution < 1.29 is 19.1 Å². The largest absolute Gasteiger partial charge is 0.382 e. The van der Waals surface area contributed by atoms with E-state index >= 15 is 0 Å². The molecule has 0 spiro atoms. The molecular weight excluding hydrogens is 284 g/mol. The van der Waals surface area contributed by atoms with Gasteiger partial charge >= 0.3 is 0 Å². The van der Waals surface area contributed by atoms with E-state index in [-0.39, 0.29) is 23.9 Å². The fourth-order valence-corrected chi connectivity index (χ4v) is 3.40. The van der Waals surface area contributed by atoms with Crippen LogP contribution in [0.3, 0.4) is 0 Å². The van der Waals surface area contributed by atoms with Gasteiger partial charge < -0.3 is 19.1 Å². The van der Waals surface area contributed by atoms with E-state index in [1.807, 2.05) is 20.8 Å². The van der Waals surface area contributed by atoms with Crippen molar-refractivity contribution in [3.05, 3.63) is 0 Å². The van der Waals surface area contributed by atoms with Crippen LogP contribution in [0, 0.1) is 0 Å². The van der Waals surface area contributed by atoms with Crippen molar-refractivity contribution in [2.24, 2.45) is 0 Å². The highest BCUT2D eigenvalue weighted by molar-refractivity contribution is 8.11. The van der Waals surface area contributed by atoms with E-state index < -0.39 is 12.4 Å². The maximum atomic E-state index is 10.3. The first kappa shape index (κ1) is 17.6. The third kappa shape index (κ3) is 4.50. The minimum absolute atomic E-state index is 0.0233. The predicted molar refractivity (Wildman–Crippen MR) is 80.3 cm³/mol. The van der Waals surface area contributed by atoms with Crippen LogP contribution in [0.25, 0.3) is 0 Å². The molecule has 1 aliphatic heterocycles. The van der Waals surface area contributed by atoms with Crippen molar-refractivity contribution in [1.29, 1.82) is 0 Å². The zero-order valence-electron chi connectivity index (χ0n) is 11.9. The molecule has 0 aromatic carbocycles. The Kier molecular flexibility index (Phi) is 6.94. The van der Waals surface area contributed by atoms with Gasteiger partial charge in [-0.2, -0.15) is 0 Å². The Morgan fingerprint density at radius 1 is 1.53 bits per heavy atom. The minimum Gasteiger partial charge on any atom is -0.382 e. The van der Waals surface area contributed by atoms with Gasteiger partial charge in [-0.25, -0.2) is 0 Å². The van der Waals surface area contributed by atoms with Gasteiger partial charge in [-0.1, -0.05) is 25.7 Å². The first-order valence-electron chi connectivity index (χ1n) is 6.45. The molecule has 0 saturated carbocycles. The number of hydrogen-bond acceptors (Lipinski definition) is 4. The van der Waals surface area contributed by atoms with Gasteiger partial charge in [0.2, 0.25) is 0 Å². The standard InChI is InChI=1S/C11H23BNO4PS/c1-5-16-10-9(13-18(14,19)7(2)3)8(6-15-4)17-11(10)12/h7-11H,5-6H2,1-4H3,(H2,13,14,19)/t8-,9?,10?,11-,18?/m1/s1. The van der Waals surface area contributed by atoms with Gasteiger partial charge in [-0.05, 0) is 6.92 Å². The third-order valence-corrected chi connectivity index (χ3v) is 6.78. The Labute approximate surface area is 121 Å². The maximum absolute atomic E-state index is 10.3. The summed E-state index contributed by atoms with van der Waals surface area (Å²) in [6, 6.07) is -0.798. The van der Waals surface area contributed by atoms with Crippen LogP contribution < -0.4 is 5.09 Å². The topological polar surface area (TPSA) is 60.0 Å². The summed E-state index contributed by atoms with van der Waals surface area (Å²) >= 11 is 5.28. The Bertz CT molecular complexity index is 334. The molecule has 1 saturated heterocycles. The van der Waals surface area contributed by atoms with E-state index in [1.165, 1.54) is 0 Å². The maximum Gasteiger partial charge on any atom is 0.129 e. The van der Waals surface area contributed by atoms with Crippen LogP contribution in [0.15, 0.2) is 0 Å². The molecule has 0 bridgehead atoms. The Morgan fingerprint density at radius 3 is 2.63 bits per heavy atom. The molecule has 2 N–H and O–H groups in total. The second kappa shape index (κ2) is 7.50. The molecule has 0 aliphatic carbocycles. The molecule has 1 rings (SSSR count). The lowest BCUT2D eigenvalue weighted by Gasteiger charge is -2.30.